The molecule has 0 aliphatic carbocycles. The van der Waals surface area contributed by atoms with E-state index in [1.165, 1.54) is 0 Å². The first-order valence-electron chi connectivity index (χ1n) is 7.18. The summed E-state index contributed by atoms with van der Waals surface area (Å²) >= 11 is 0. The Labute approximate surface area is 169 Å². The monoisotopic (exact) mass is 560 g/mol. The number of hydrogen-bond donors (Lipinski definition) is 1. The predicted molar refractivity (Wildman–Crippen MR) is 66.4 cm³/mol. The summed E-state index contributed by atoms with van der Waals surface area (Å²) < 4.78 is 265. The molecule has 33 heavy (non-hydrogen) atoms. The molecular formula is C11H6F18O3S. The maximum absolute atomic E-state index is 13.4. The Morgan fingerprint density at radius 3 is 0.909 bits per heavy atom. The van der Waals surface area contributed by atoms with Crippen molar-refractivity contribution in [3.05, 3.63) is 0 Å². The molecule has 0 aliphatic rings. The van der Waals surface area contributed by atoms with Crippen LogP contribution in [0.15, 0.2) is 0 Å². The van der Waals surface area contributed by atoms with Gasteiger partial charge >= 0.3 is 62.8 Å². The number of alkyl halides is 18. The van der Waals surface area contributed by atoms with Gasteiger partial charge in [0.15, 0.2) is 0 Å². The second kappa shape index (κ2) is 7.57. The zero-order valence-corrected chi connectivity index (χ0v) is 15.5. The SMILES string of the molecule is CCC(F)(F)C(F)(F)C(F)(F)C(F)(F)C(F)(F)C(F)(F)C(F)(F)C(F)(F)C(F)(F)S(=O)(=O)O. The molecule has 0 bridgehead atoms. The molecule has 0 unspecified atom stereocenters. The van der Waals surface area contributed by atoms with Gasteiger partial charge in [-0.3, -0.25) is 4.55 Å². The highest BCUT2D eigenvalue weighted by atomic mass is 32.2. The van der Waals surface area contributed by atoms with Gasteiger partial charge < -0.3 is 0 Å². The lowest BCUT2D eigenvalue weighted by atomic mass is 9.87. The average Bonchev–Trinajstić information content (AvgIpc) is 2.59. The minimum absolute atomic E-state index is 0.166. The van der Waals surface area contributed by atoms with Gasteiger partial charge in [0.25, 0.3) is 0 Å². The van der Waals surface area contributed by atoms with Crippen LogP contribution in [0.1, 0.15) is 13.3 Å². The molecule has 0 spiro atoms. The van der Waals surface area contributed by atoms with E-state index in [2.05, 4.69) is 0 Å². The van der Waals surface area contributed by atoms with E-state index < -0.39 is 69.2 Å². The Hall–Kier alpha value is -1.35. The van der Waals surface area contributed by atoms with Crippen molar-refractivity contribution in [2.45, 2.75) is 66.0 Å². The molecule has 0 fully saturated rings. The topological polar surface area (TPSA) is 54.4 Å². The first-order valence-corrected chi connectivity index (χ1v) is 8.62. The van der Waals surface area contributed by atoms with Crippen molar-refractivity contribution < 1.29 is 92.0 Å². The molecule has 0 radical (unpaired) electrons. The second-order valence-electron chi connectivity index (χ2n) is 6.07. The van der Waals surface area contributed by atoms with Gasteiger partial charge in [0.1, 0.15) is 0 Å². The van der Waals surface area contributed by atoms with Crippen molar-refractivity contribution in [2.75, 3.05) is 0 Å². The number of halogens is 18. The van der Waals surface area contributed by atoms with Crippen LogP contribution in [0.25, 0.3) is 0 Å². The molecule has 200 valence electrons. The van der Waals surface area contributed by atoms with Crippen LogP contribution in [-0.4, -0.2) is 65.6 Å². The van der Waals surface area contributed by atoms with Gasteiger partial charge in [-0.1, -0.05) is 6.92 Å². The highest BCUT2D eigenvalue weighted by Gasteiger charge is 2.97. The van der Waals surface area contributed by atoms with E-state index >= 15 is 0 Å². The van der Waals surface area contributed by atoms with Crippen molar-refractivity contribution in [3.8, 4) is 0 Å². The van der Waals surface area contributed by atoms with E-state index in [0.717, 1.165) is 0 Å². The van der Waals surface area contributed by atoms with Crippen LogP contribution in [0.4, 0.5) is 79.0 Å². The van der Waals surface area contributed by atoms with Crippen LogP contribution in [-0.2, 0) is 10.1 Å². The normalized spacial score (nSPS) is 16.8. The molecule has 0 saturated heterocycles. The Morgan fingerprint density at radius 1 is 0.485 bits per heavy atom. The van der Waals surface area contributed by atoms with E-state index in [9.17, 15) is 87.4 Å². The van der Waals surface area contributed by atoms with E-state index in [1.54, 1.807) is 0 Å². The fourth-order valence-corrected chi connectivity index (χ4v) is 2.23. The lowest BCUT2D eigenvalue weighted by molar-refractivity contribution is -0.459. The van der Waals surface area contributed by atoms with Crippen LogP contribution in [0.5, 0.6) is 0 Å². The zero-order chi connectivity index (χ0) is 27.7. The molecule has 0 aliphatic heterocycles. The minimum atomic E-state index is -9.00. The molecule has 0 aromatic rings. The predicted octanol–water partition coefficient (Wildman–Crippen LogP) is 5.96. The van der Waals surface area contributed by atoms with Crippen LogP contribution in [0.3, 0.4) is 0 Å². The third-order valence-corrected chi connectivity index (χ3v) is 4.86. The molecule has 0 rings (SSSR count). The molecule has 0 amide bonds. The van der Waals surface area contributed by atoms with E-state index in [4.69, 9.17) is 4.55 Å². The molecule has 1 N–H and O–H groups in total. The molecule has 0 heterocycles. The molecule has 22 heteroatoms. The number of hydrogen-bond acceptors (Lipinski definition) is 2. The Balaban J connectivity index is 7.09. The maximum atomic E-state index is 13.4. The zero-order valence-electron chi connectivity index (χ0n) is 14.7. The average molecular weight is 560 g/mol. The molecule has 0 atom stereocenters. The van der Waals surface area contributed by atoms with Crippen LogP contribution in [0.2, 0.25) is 0 Å². The van der Waals surface area contributed by atoms with E-state index in [0.29, 0.717) is 0 Å². The molecule has 3 nitrogen and oxygen atoms in total. The number of rotatable bonds is 10. The lowest BCUT2D eigenvalue weighted by Gasteiger charge is -2.44. The summed E-state index contributed by atoms with van der Waals surface area (Å²) in [6, 6.07) is 0. The second-order valence-corrected chi connectivity index (χ2v) is 7.53. The van der Waals surface area contributed by atoms with Gasteiger partial charge in [-0.25, -0.2) is 0 Å². The Bertz CT molecular complexity index is 845. The first kappa shape index (κ1) is 31.6. The highest BCUT2D eigenvalue weighted by molar-refractivity contribution is 7.87. The third-order valence-electron chi connectivity index (χ3n) is 3.96. The molecule has 0 aromatic heterocycles. The van der Waals surface area contributed by atoms with Crippen LogP contribution in [0, 0.1) is 0 Å². The molecule has 0 saturated carbocycles. The van der Waals surface area contributed by atoms with Crippen LogP contribution >= 0.6 is 0 Å². The summed E-state index contributed by atoms with van der Waals surface area (Å²) in [4.78, 5) is 0. The summed E-state index contributed by atoms with van der Waals surface area (Å²) in [7, 11) is -7.96. The highest BCUT2D eigenvalue weighted by Crippen LogP contribution is 2.65. The van der Waals surface area contributed by atoms with Crippen molar-refractivity contribution in [1.82, 2.24) is 0 Å². The van der Waals surface area contributed by atoms with Gasteiger partial charge in [0.05, 0.1) is 0 Å². The van der Waals surface area contributed by atoms with Crippen molar-refractivity contribution >= 4 is 10.1 Å². The molecule has 0 aromatic carbocycles. The quantitative estimate of drug-likeness (QED) is 0.265. The van der Waals surface area contributed by atoms with Crippen molar-refractivity contribution in [1.29, 1.82) is 0 Å². The van der Waals surface area contributed by atoms with Gasteiger partial charge in [0, 0.05) is 6.42 Å². The minimum Gasteiger partial charge on any atom is -0.281 e. The van der Waals surface area contributed by atoms with E-state index in [-0.39, 0.29) is 6.92 Å². The van der Waals surface area contributed by atoms with Gasteiger partial charge in [0.2, 0.25) is 0 Å². The summed E-state index contributed by atoms with van der Waals surface area (Å²) in [6.07, 6.45) is -2.59. The summed E-state index contributed by atoms with van der Waals surface area (Å²) in [5, 5.41) is -7.90. The van der Waals surface area contributed by atoms with Gasteiger partial charge in [-0.15, -0.1) is 0 Å². The Kier molecular flexibility index (Phi) is 7.26. The standard InChI is InChI=1S/C11H6F18O3S/c1-2-3(12,13)4(14,15)5(16,17)6(18,19)7(20,21)8(22,23)9(24,25)10(26,27)11(28,29)33(30,31)32/h2H2,1H3,(H,30,31,32). The largest absolute Gasteiger partial charge is 0.438 e. The third kappa shape index (κ3) is 3.68. The summed E-state index contributed by atoms with van der Waals surface area (Å²) in [6.45, 7) is -0.166. The smallest absolute Gasteiger partial charge is 0.281 e. The Morgan fingerprint density at radius 2 is 0.697 bits per heavy atom. The van der Waals surface area contributed by atoms with Gasteiger partial charge in [-0.2, -0.15) is 87.4 Å². The van der Waals surface area contributed by atoms with Crippen LogP contribution < -0.4 is 0 Å². The lowest BCUT2D eigenvalue weighted by Crippen LogP contribution is -2.76. The van der Waals surface area contributed by atoms with Gasteiger partial charge in [-0.05, 0) is 0 Å². The fourth-order valence-electron chi connectivity index (χ4n) is 1.78. The summed E-state index contributed by atoms with van der Waals surface area (Å²) in [5.74, 6) is -66.9. The van der Waals surface area contributed by atoms with E-state index in [1.807, 2.05) is 0 Å². The first-order chi connectivity index (χ1) is 13.8. The summed E-state index contributed by atoms with van der Waals surface area (Å²) in [5.41, 5.74) is 0. The van der Waals surface area contributed by atoms with Crippen molar-refractivity contribution in [2.24, 2.45) is 0 Å². The molecular weight excluding hydrogens is 554 g/mol. The fraction of sp³-hybridized carbons (Fsp3) is 1.00. The van der Waals surface area contributed by atoms with Crippen molar-refractivity contribution in [3.63, 3.8) is 0 Å². The maximum Gasteiger partial charge on any atom is 0.438 e.